The van der Waals surface area contributed by atoms with Gasteiger partial charge in [-0.1, -0.05) is 28.1 Å². The average molecular weight is 330 g/mol. The monoisotopic (exact) mass is 329 g/mol. The van der Waals surface area contributed by atoms with Crippen LogP contribution in [0.4, 0.5) is 11.4 Å². The van der Waals surface area contributed by atoms with Crippen molar-refractivity contribution in [3.63, 3.8) is 0 Å². The summed E-state index contributed by atoms with van der Waals surface area (Å²) in [5.74, 6) is -0.190. The number of nitrogens with two attached hydrogens (primary N) is 1. The molecule has 2 aromatic carbocycles. The first-order valence-electron chi connectivity index (χ1n) is 5.92. The quantitative estimate of drug-likeness (QED) is 0.849. The van der Waals surface area contributed by atoms with Crippen LogP contribution >= 0.6 is 15.9 Å². The van der Waals surface area contributed by atoms with E-state index < -0.39 is 0 Å². The minimum Gasteiger partial charge on any atom is -0.399 e. The van der Waals surface area contributed by atoms with E-state index in [0.29, 0.717) is 16.9 Å². The largest absolute Gasteiger partial charge is 0.399 e. The normalized spacial score (nSPS) is 9.80. The zero-order valence-electron chi connectivity index (χ0n) is 10.6. The first-order chi connectivity index (χ1) is 9.58. The lowest BCUT2D eigenvalue weighted by Crippen LogP contribution is -2.15. The summed E-state index contributed by atoms with van der Waals surface area (Å²) < 4.78 is 0.802. The Morgan fingerprint density at radius 3 is 2.80 bits per heavy atom. The molecule has 0 aliphatic heterocycles. The van der Waals surface area contributed by atoms with Gasteiger partial charge < -0.3 is 11.1 Å². The number of nitrogens with zero attached hydrogens (tertiary/aromatic N) is 1. The predicted molar refractivity (Wildman–Crippen MR) is 82.0 cm³/mol. The van der Waals surface area contributed by atoms with Gasteiger partial charge in [0.1, 0.15) is 6.07 Å². The zero-order valence-corrected chi connectivity index (χ0v) is 12.1. The number of nitrogens with one attached hydrogen (secondary N) is 1. The predicted octanol–water partition coefficient (Wildman–Crippen LogP) is 3.08. The number of rotatable bonds is 3. The molecule has 100 valence electrons. The smallest absolute Gasteiger partial charge is 0.228 e. The van der Waals surface area contributed by atoms with Crippen molar-refractivity contribution in [2.24, 2.45) is 0 Å². The van der Waals surface area contributed by atoms with Crippen molar-refractivity contribution in [2.45, 2.75) is 6.42 Å². The van der Waals surface area contributed by atoms with E-state index in [1.54, 1.807) is 36.4 Å². The molecule has 0 saturated heterocycles. The Morgan fingerprint density at radius 2 is 2.10 bits per heavy atom. The molecule has 2 rings (SSSR count). The van der Waals surface area contributed by atoms with Crippen LogP contribution in [0.1, 0.15) is 11.1 Å². The molecule has 0 aromatic heterocycles. The topological polar surface area (TPSA) is 78.9 Å². The lowest BCUT2D eigenvalue weighted by Gasteiger charge is -2.08. The number of amides is 1. The van der Waals surface area contributed by atoms with Gasteiger partial charge in [0.25, 0.3) is 0 Å². The van der Waals surface area contributed by atoms with Gasteiger partial charge in [-0.15, -0.1) is 0 Å². The van der Waals surface area contributed by atoms with Crippen molar-refractivity contribution in [1.82, 2.24) is 0 Å². The molecule has 0 aliphatic rings. The SMILES string of the molecule is N#Cc1ccc(Br)cc1NC(=O)Cc1cccc(N)c1. The van der Waals surface area contributed by atoms with E-state index >= 15 is 0 Å². The molecule has 5 heteroatoms. The second-order valence-corrected chi connectivity index (χ2v) is 5.19. The van der Waals surface area contributed by atoms with Crippen molar-refractivity contribution in [2.75, 3.05) is 11.1 Å². The Kier molecular flexibility index (Phi) is 4.38. The van der Waals surface area contributed by atoms with Gasteiger partial charge in [0.2, 0.25) is 5.91 Å². The highest BCUT2D eigenvalue weighted by Crippen LogP contribution is 2.21. The van der Waals surface area contributed by atoms with Crippen LogP contribution in [0.15, 0.2) is 46.9 Å². The number of benzene rings is 2. The Balaban J connectivity index is 2.13. The first kappa shape index (κ1) is 14.1. The Labute approximate surface area is 125 Å². The lowest BCUT2D eigenvalue weighted by molar-refractivity contribution is -0.115. The highest BCUT2D eigenvalue weighted by molar-refractivity contribution is 9.10. The molecule has 4 nitrogen and oxygen atoms in total. The van der Waals surface area contributed by atoms with Gasteiger partial charge in [-0.25, -0.2) is 0 Å². The summed E-state index contributed by atoms with van der Waals surface area (Å²) in [5, 5.41) is 11.8. The van der Waals surface area contributed by atoms with Crippen LogP contribution in [-0.4, -0.2) is 5.91 Å². The van der Waals surface area contributed by atoms with Crippen LogP contribution in [0.3, 0.4) is 0 Å². The van der Waals surface area contributed by atoms with Gasteiger partial charge in [-0.05, 0) is 35.9 Å². The summed E-state index contributed by atoms with van der Waals surface area (Å²) in [5.41, 5.74) is 8.04. The minimum atomic E-state index is -0.190. The summed E-state index contributed by atoms with van der Waals surface area (Å²) >= 11 is 3.31. The number of nitriles is 1. The Hall–Kier alpha value is -2.32. The molecule has 3 N–H and O–H groups in total. The molecule has 0 heterocycles. The van der Waals surface area contributed by atoms with Crippen molar-refractivity contribution in [3.05, 3.63) is 58.1 Å². The number of halogens is 1. The Bertz CT molecular complexity index is 692. The molecule has 0 bridgehead atoms. The van der Waals surface area contributed by atoms with E-state index in [1.165, 1.54) is 0 Å². The van der Waals surface area contributed by atoms with E-state index in [0.717, 1.165) is 10.0 Å². The van der Waals surface area contributed by atoms with Gasteiger partial charge in [0, 0.05) is 10.2 Å². The van der Waals surface area contributed by atoms with Crippen LogP contribution in [0.25, 0.3) is 0 Å². The minimum absolute atomic E-state index is 0.190. The summed E-state index contributed by atoms with van der Waals surface area (Å²) in [6.07, 6.45) is 0.211. The molecular formula is C15H12BrN3O. The summed E-state index contributed by atoms with van der Waals surface area (Å²) in [4.78, 5) is 12.0. The third-order valence-corrected chi connectivity index (χ3v) is 3.19. The molecule has 0 fully saturated rings. The Morgan fingerprint density at radius 1 is 1.30 bits per heavy atom. The maximum absolute atomic E-state index is 12.0. The van der Waals surface area contributed by atoms with Gasteiger partial charge in [0.05, 0.1) is 17.7 Å². The van der Waals surface area contributed by atoms with Crippen molar-refractivity contribution < 1.29 is 4.79 Å². The molecule has 0 aliphatic carbocycles. The van der Waals surface area contributed by atoms with Crippen molar-refractivity contribution in [3.8, 4) is 6.07 Å². The van der Waals surface area contributed by atoms with Crippen molar-refractivity contribution in [1.29, 1.82) is 5.26 Å². The van der Waals surface area contributed by atoms with E-state index in [4.69, 9.17) is 11.0 Å². The van der Waals surface area contributed by atoms with E-state index in [1.807, 2.05) is 12.1 Å². The summed E-state index contributed by atoms with van der Waals surface area (Å²) in [6.45, 7) is 0. The van der Waals surface area contributed by atoms with Crippen LogP contribution in [0.2, 0.25) is 0 Å². The molecule has 20 heavy (non-hydrogen) atoms. The van der Waals surface area contributed by atoms with Gasteiger partial charge in [-0.2, -0.15) is 5.26 Å². The third-order valence-electron chi connectivity index (χ3n) is 2.69. The number of hydrogen-bond donors (Lipinski definition) is 2. The number of carbonyl (C=O) groups excluding carboxylic acids is 1. The summed E-state index contributed by atoms with van der Waals surface area (Å²) in [6, 6.07) is 14.3. The van der Waals surface area contributed by atoms with Crippen LogP contribution in [-0.2, 0) is 11.2 Å². The molecule has 1 amide bonds. The van der Waals surface area contributed by atoms with E-state index in [9.17, 15) is 4.79 Å². The first-order valence-corrected chi connectivity index (χ1v) is 6.71. The molecule has 2 aromatic rings. The van der Waals surface area contributed by atoms with Gasteiger partial charge in [-0.3, -0.25) is 4.79 Å². The molecule has 0 spiro atoms. The van der Waals surface area contributed by atoms with Gasteiger partial charge in [0.15, 0.2) is 0 Å². The van der Waals surface area contributed by atoms with E-state index in [-0.39, 0.29) is 12.3 Å². The highest BCUT2D eigenvalue weighted by Gasteiger charge is 2.08. The maximum Gasteiger partial charge on any atom is 0.228 e. The fourth-order valence-electron chi connectivity index (χ4n) is 1.80. The second-order valence-electron chi connectivity index (χ2n) is 4.27. The van der Waals surface area contributed by atoms with Gasteiger partial charge >= 0.3 is 0 Å². The fourth-order valence-corrected chi connectivity index (χ4v) is 2.16. The van der Waals surface area contributed by atoms with Crippen LogP contribution in [0, 0.1) is 11.3 Å². The number of carbonyl (C=O) groups is 1. The average Bonchev–Trinajstić information content (AvgIpc) is 2.38. The van der Waals surface area contributed by atoms with E-state index in [2.05, 4.69) is 21.2 Å². The zero-order chi connectivity index (χ0) is 14.5. The van der Waals surface area contributed by atoms with Crippen molar-refractivity contribution >= 4 is 33.2 Å². The number of nitrogen functional groups attached to an aromatic ring is 1. The molecule has 0 saturated carbocycles. The molecule has 0 atom stereocenters. The fraction of sp³-hybridized carbons (Fsp3) is 0.0667. The number of anilines is 2. The molecular weight excluding hydrogens is 318 g/mol. The second kappa shape index (κ2) is 6.22. The highest BCUT2D eigenvalue weighted by atomic mass is 79.9. The molecule has 0 unspecified atom stereocenters. The molecule has 0 radical (unpaired) electrons. The van der Waals surface area contributed by atoms with Crippen LogP contribution < -0.4 is 11.1 Å². The standard InChI is InChI=1S/C15H12BrN3O/c16-12-5-4-11(9-17)14(8-12)19-15(20)7-10-2-1-3-13(18)6-10/h1-6,8H,7,18H2,(H,19,20). The summed E-state index contributed by atoms with van der Waals surface area (Å²) in [7, 11) is 0. The maximum atomic E-state index is 12.0. The lowest BCUT2D eigenvalue weighted by atomic mass is 10.1. The third kappa shape index (κ3) is 3.59. The number of hydrogen-bond acceptors (Lipinski definition) is 3. The van der Waals surface area contributed by atoms with Crippen LogP contribution in [0.5, 0.6) is 0 Å².